The second-order valence-electron chi connectivity index (χ2n) is 4.23. The molecule has 0 aromatic rings. The first-order valence-electron chi connectivity index (χ1n) is 5.14. The van der Waals surface area contributed by atoms with E-state index in [0.717, 1.165) is 12.8 Å². The summed E-state index contributed by atoms with van der Waals surface area (Å²) < 4.78 is 0. The fourth-order valence-electron chi connectivity index (χ4n) is 2.04. The predicted octanol–water partition coefficient (Wildman–Crippen LogP) is 1.32. The molecule has 1 aliphatic rings. The van der Waals surface area contributed by atoms with E-state index in [1.54, 1.807) is 6.92 Å². The maximum absolute atomic E-state index is 11.3. The minimum absolute atomic E-state index is 0.149. The highest BCUT2D eigenvalue weighted by atomic mass is 16.4. The minimum atomic E-state index is -0.830. The number of amides is 1. The third-order valence-corrected chi connectivity index (χ3v) is 3.11. The Labute approximate surface area is 89.4 Å². The van der Waals surface area contributed by atoms with Gasteiger partial charge in [-0.2, -0.15) is 0 Å². The molecule has 0 aromatic carbocycles. The minimum Gasteiger partial charge on any atom is -0.481 e. The van der Waals surface area contributed by atoms with Gasteiger partial charge in [0.15, 0.2) is 0 Å². The van der Waals surface area contributed by atoms with Gasteiger partial charge in [-0.05, 0) is 19.8 Å². The summed E-state index contributed by atoms with van der Waals surface area (Å²) in [5.41, 5.74) is -0.809. The van der Waals surface area contributed by atoms with Crippen molar-refractivity contribution < 1.29 is 14.7 Å². The zero-order chi connectivity index (χ0) is 11.5. The van der Waals surface area contributed by atoms with Crippen LogP contribution < -0.4 is 5.32 Å². The maximum Gasteiger partial charge on any atom is 0.311 e. The Balaban J connectivity index is 2.65. The molecule has 4 heteroatoms. The quantitative estimate of drug-likeness (QED) is 0.689. The molecular weight excluding hydrogens is 194 g/mol. The molecule has 1 saturated carbocycles. The molecular formula is C11H17NO3. The Morgan fingerprint density at radius 1 is 1.67 bits per heavy atom. The summed E-state index contributed by atoms with van der Waals surface area (Å²) in [4.78, 5) is 22.4. The van der Waals surface area contributed by atoms with Crippen molar-refractivity contribution >= 4 is 11.9 Å². The number of nitrogens with one attached hydrogen (secondary N) is 1. The van der Waals surface area contributed by atoms with E-state index in [9.17, 15) is 9.59 Å². The molecule has 1 amide bonds. The third kappa shape index (κ3) is 2.37. The number of rotatable bonds is 4. The number of aliphatic carboxylic acids is 1. The molecule has 0 radical (unpaired) electrons. The second kappa shape index (κ2) is 4.47. The normalized spacial score (nSPS) is 29.8. The molecule has 84 valence electrons. The van der Waals surface area contributed by atoms with Crippen LogP contribution in [0, 0.1) is 5.41 Å². The van der Waals surface area contributed by atoms with E-state index in [1.165, 1.54) is 6.08 Å². The summed E-state index contributed by atoms with van der Waals surface area (Å²) in [5, 5.41) is 11.9. The summed E-state index contributed by atoms with van der Waals surface area (Å²) in [6.45, 7) is 5.17. The second-order valence-corrected chi connectivity index (χ2v) is 4.23. The van der Waals surface area contributed by atoms with Gasteiger partial charge in [0.25, 0.3) is 0 Å². The Morgan fingerprint density at radius 3 is 2.87 bits per heavy atom. The van der Waals surface area contributed by atoms with Crippen LogP contribution >= 0.6 is 0 Å². The van der Waals surface area contributed by atoms with Gasteiger partial charge in [-0.15, -0.1) is 6.58 Å². The molecule has 0 spiro atoms. The number of hydrogen-bond donors (Lipinski definition) is 2. The highest BCUT2D eigenvalue weighted by Gasteiger charge is 2.45. The number of carbonyl (C=O) groups is 2. The summed E-state index contributed by atoms with van der Waals surface area (Å²) in [5.74, 6) is -0.978. The monoisotopic (exact) mass is 211 g/mol. The van der Waals surface area contributed by atoms with Gasteiger partial charge < -0.3 is 10.4 Å². The van der Waals surface area contributed by atoms with Crippen LogP contribution in [-0.4, -0.2) is 23.0 Å². The Morgan fingerprint density at radius 2 is 2.33 bits per heavy atom. The van der Waals surface area contributed by atoms with Gasteiger partial charge in [-0.3, -0.25) is 9.59 Å². The van der Waals surface area contributed by atoms with Crippen molar-refractivity contribution in [2.24, 2.45) is 5.41 Å². The lowest BCUT2D eigenvalue weighted by atomic mass is 9.85. The van der Waals surface area contributed by atoms with Gasteiger partial charge in [-0.1, -0.05) is 12.5 Å². The molecule has 0 heterocycles. The van der Waals surface area contributed by atoms with Gasteiger partial charge in [0.1, 0.15) is 0 Å². The molecule has 15 heavy (non-hydrogen) atoms. The van der Waals surface area contributed by atoms with Crippen molar-refractivity contribution in [2.45, 2.75) is 38.6 Å². The summed E-state index contributed by atoms with van der Waals surface area (Å²) in [7, 11) is 0. The van der Waals surface area contributed by atoms with Crippen molar-refractivity contribution in [3.63, 3.8) is 0 Å². The zero-order valence-electron chi connectivity index (χ0n) is 8.95. The van der Waals surface area contributed by atoms with E-state index in [-0.39, 0.29) is 18.4 Å². The van der Waals surface area contributed by atoms with Crippen molar-refractivity contribution in [1.82, 2.24) is 5.32 Å². The molecule has 0 aliphatic heterocycles. The standard InChI is InChI=1S/C11H17NO3/c1-3-5-9(13)12-8-6-4-7-11(8,2)10(14)15/h3,8H,1,4-7H2,2H3,(H,12,13)(H,14,15). The molecule has 1 rings (SSSR count). The van der Waals surface area contributed by atoms with Gasteiger partial charge in [0.2, 0.25) is 5.91 Å². The van der Waals surface area contributed by atoms with E-state index in [4.69, 9.17) is 5.11 Å². The average Bonchev–Trinajstić information content (AvgIpc) is 2.50. The van der Waals surface area contributed by atoms with E-state index in [1.807, 2.05) is 0 Å². The molecule has 2 unspecified atom stereocenters. The van der Waals surface area contributed by atoms with Crippen molar-refractivity contribution in [3.8, 4) is 0 Å². The van der Waals surface area contributed by atoms with Gasteiger partial charge in [0.05, 0.1) is 5.41 Å². The summed E-state index contributed by atoms with van der Waals surface area (Å²) >= 11 is 0. The summed E-state index contributed by atoms with van der Waals surface area (Å²) in [6.07, 6.45) is 3.98. The summed E-state index contributed by atoms with van der Waals surface area (Å²) in [6, 6.07) is -0.248. The van der Waals surface area contributed by atoms with Crippen LogP contribution in [0.4, 0.5) is 0 Å². The van der Waals surface area contributed by atoms with Crippen molar-refractivity contribution in [2.75, 3.05) is 0 Å². The van der Waals surface area contributed by atoms with Crippen LogP contribution in [0.25, 0.3) is 0 Å². The molecule has 0 aromatic heterocycles. The topological polar surface area (TPSA) is 66.4 Å². The third-order valence-electron chi connectivity index (χ3n) is 3.11. The number of hydrogen-bond acceptors (Lipinski definition) is 2. The zero-order valence-corrected chi connectivity index (χ0v) is 8.95. The molecule has 4 nitrogen and oxygen atoms in total. The Kier molecular flexibility index (Phi) is 3.50. The first kappa shape index (κ1) is 11.8. The van der Waals surface area contributed by atoms with Crippen LogP contribution in [0.3, 0.4) is 0 Å². The van der Waals surface area contributed by atoms with E-state index < -0.39 is 11.4 Å². The van der Waals surface area contributed by atoms with Gasteiger partial charge in [-0.25, -0.2) is 0 Å². The van der Waals surface area contributed by atoms with Crippen molar-refractivity contribution in [1.29, 1.82) is 0 Å². The predicted molar refractivity (Wildman–Crippen MR) is 56.3 cm³/mol. The first-order valence-corrected chi connectivity index (χ1v) is 5.14. The van der Waals surface area contributed by atoms with E-state index in [2.05, 4.69) is 11.9 Å². The number of carboxylic acids is 1. The maximum atomic E-state index is 11.3. The van der Waals surface area contributed by atoms with Crippen LogP contribution in [0.2, 0.25) is 0 Å². The van der Waals surface area contributed by atoms with Crippen LogP contribution in [0.5, 0.6) is 0 Å². The first-order chi connectivity index (χ1) is 7.00. The van der Waals surface area contributed by atoms with Crippen LogP contribution in [0.1, 0.15) is 32.6 Å². The highest BCUT2D eigenvalue weighted by Crippen LogP contribution is 2.38. The fraction of sp³-hybridized carbons (Fsp3) is 0.636. The highest BCUT2D eigenvalue weighted by molar-refractivity contribution is 5.80. The lowest BCUT2D eigenvalue weighted by Gasteiger charge is -2.27. The molecule has 0 saturated heterocycles. The van der Waals surface area contributed by atoms with Gasteiger partial charge in [0, 0.05) is 12.5 Å². The van der Waals surface area contributed by atoms with E-state index >= 15 is 0 Å². The van der Waals surface area contributed by atoms with Crippen LogP contribution in [-0.2, 0) is 9.59 Å². The average molecular weight is 211 g/mol. The van der Waals surface area contributed by atoms with E-state index in [0.29, 0.717) is 6.42 Å². The molecule has 1 fully saturated rings. The Bertz CT molecular complexity index is 288. The number of carbonyl (C=O) groups excluding carboxylic acids is 1. The SMILES string of the molecule is C=CCC(=O)NC1CCCC1(C)C(=O)O. The Hall–Kier alpha value is -1.32. The largest absolute Gasteiger partial charge is 0.481 e. The smallest absolute Gasteiger partial charge is 0.311 e. The molecule has 2 atom stereocenters. The lowest BCUT2D eigenvalue weighted by molar-refractivity contribution is -0.149. The fourth-order valence-corrected chi connectivity index (χ4v) is 2.04. The number of carboxylic acid groups (broad SMARTS) is 1. The molecule has 0 bridgehead atoms. The molecule has 1 aliphatic carbocycles. The molecule has 2 N–H and O–H groups in total. The lowest BCUT2D eigenvalue weighted by Crippen LogP contribution is -2.46. The van der Waals surface area contributed by atoms with Crippen LogP contribution in [0.15, 0.2) is 12.7 Å². The van der Waals surface area contributed by atoms with Gasteiger partial charge >= 0.3 is 5.97 Å². The van der Waals surface area contributed by atoms with Crippen molar-refractivity contribution in [3.05, 3.63) is 12.7 Å².